The van der Waals surface area contributed by atoms with Crippen LogP contribution < -0.4 is 5.73 Å². The smallest absolute Gasteiger partial charge is 0.405 e. The van der Waals surface area contributed by atoms with Crippen molar-refractivity contribution >= 4 is 6.09 Å². The van der Waals surface area contributed by atoms with Crippen LogP contribution in [-0.4, -0.2) is 22.9 Å². The predicted molar refractivity (Wildman–Crippen MR) is 48.6 cm³/mol. The molecule has 0 spiro atoms. The molecule has 0 fully saturated rings. The van der Waals surface area contributed by atoms with Crippen molar-refractivity contribution in [3.63, 3.8) is 0 Å². The SMILES string of the molecule is NC(=O)O[C@H](CO)c1ccccc1O. The zero-order valence-corrected chi connectivity index (χ0v) is 7.38. The maximum atomic E-state index is 10.5. The lowest BCUT2D eigenvalue weighted by atomic mass is 10.1. The fraction of sp³-hybridized carbons (Fsp3) is 0.222. The molecule has 0 aromatic heterocycles. The maximum absolute atomic E-state index is 10.5. The van der Waals surface area contributed by atoms with Crippen LogP contribution in [0.3, 0.4) is 0 Å². The van der Waals surface area contributed by atoms with E-state index in [1.165, 1.54) is 6.07 Å². The van der Waals surface area contributed by atoms with E-state index < -0.39 is 18.8 Å². The Labute approximate surface area is 80.7 Å². The number of aromatic hydroxyl groups is 1. The van der Waals surface area contributed by atoms with Gasteiger partial charge >= 0.3 is 6.09 Å². The molecule has 14 heavy (non-hydrogen) atoms. The van der Waals surface area contributed by atoms with Crippen LogP contribution >= 0.6 is 0 Å². The van der Waals surface area contributed by atoms with E-state index in [-0.39, 0.29) is 5.75 Å². The summed E-state index contributed by atoms with van der Waals surface area (Å²) < 4.78 is 4.60. The van der Waals surface area contributed by atoms with Crippen molar-refractivity contribution in [3.05, 3.63) is 29.8 Å². The molecule has 5 heteroatoms. The molecule has 1 aromatic carbocycles. The van der Waals surface area contributed by atoms with Crippen LogP contribution in [0.1, 0.15) is 11.7 Å². The zero-order chi connectivity index (χ0) is 10.6. The second kappa shape index (κ2) is 4.48. The van der Waals surface area contributed by atoms with Crippen molar-refractivity contribution in [1.82, 2.24) is 0 Å². The van der Waals surface area contributed by atoms with E-state index in [2.05, 4.69) is 4.74 Å². The van der Waals surface area contributed by atoms with Gasteiger partial charge in [-0.3, -0.25) is 0 Å². The van der Waals surface area contributed by atoms with E-state index >= 15 is 0 Å². The number of ether oxygens (including phenoxy) is 1. The van der Waals surface area contributed by atoms with Crippen LogP contribution in [0.5, 0.6) is 5.75 Å². The first-order valence-electron chi connectivity index (χ1n) is 4.00. The Morgan fingerprint density at radius 3 is 2.64 bits per heavy atom. The number of hydrogen-bond donors (Lipinski definition) is 3. The summed E-state index contributed by atoms with van der Waals surface area (Å²) in [7, 11) is 0. The normalized spacial score (nSPS) is 12.1. The van der Waals surface area contributed by atoms with Crippen LogP contribution in [0.4, 0.5) is 4.79 Å². The minimum absolute atomic E-state index is 0.0483. The molecule has 1 atom stereocenters. The molecule has 0 saturated heterocycles. The lowest BCUT2D eigenvalue weighted by Crippen LogP contribution is -2.19. The van der Waals surface area contributed by atoms with Gasteiger partial charge < -0.3 is 20.7 Å². The van der Waals surface area contributed by atoms with Crippen molar-refractivity contribution < 1.29 is 19.7 Å². The van der Waals surface area contributed by atoms with Crippen molar-refractivity contribution in [3.8, 4) is 5.75 Å². The molecule has 0 bridgehead atoms. The zero-order valence-electron chi connectivity index (χ0n) is 7.38. The average Bonchev–Trinajstić information content (AvgIpc) is 2.15. The molecule has 0 aliphatic rings. The third-order valence-corrected chi connectivity index (χ3v) is 1.71. The predicted octanol–water partition coefficient (Wildman–Crippen LogP) is 0.521. The Balaban J connectivity index is 2.89. The molecular weight excluding hydrogens is 186 g/mol. The van der Waals surface area contributed by atoms with E-state index in [1.54, 1.807) is 18.2 Å². The van der Waals surface area contributed by atoms with E-state index in [1.807, 2.05) is 0 Å². The molecule has 76 valence electrons. The van der Waals surface area contributed by atoms with Crippen molar-refractivity contribution in [1.29, 1.82) is 0 Å². The summed E-state index contributed by atoms with van der Waals surface area (Å²) >= 11 is 0. The molecule has 4 N–H and O–H groups in total. The number of aliphatic hydroxyl groups is 1. The average molecular weight is 197 g/mol. The minimum Gasteiger partial charge on any atom is -0.508 e. The molecule has 1 aromatic rings. The van der Waals surface area contributed by atoms with Crippen LogP contribution in [0.2, 0.25) is 0 Å². The third kappa shape index (κ3) is 2.37. The minimum atomic E-state index is -0.993. The van der Waals surface area contributed by atoms with Gasteiger partial charge in [-0.15, -0.1) is 0 Å². The van der Waals surface area contributed by atoms with Gasteiger partial charge in [0, 0.05) is 5.56 Å². The van der Waals surface area contributed by atoms with Gasteiger partial charge in [0.2, 0.25) is 0 Å². The summed E-state index contributed by atoms with van der Waals surface area (Å²) in [6.45, 7) is -0.430. The summed E-state index contributed by atoms with van der Waals surface area (Å²) in [6.07, 6.45) is -1.92. The number of carbonyl (C=O) groups excluding carboxylic acids is 1. The fourth-order valence-corrected chi connectivity index (χ4v) is 1.10. The largest absolute Gasteiger partial charge is 0.508 e. The second-order valence-corrected chi connectivity index (χ2v) is 2.67. The lowest BCUT2D eigenvalue weighted by molar-refractivity contribution is 0.0619. The molecule has 0 unspecified atom stereocenters. The van der Waals surface area contributed by atoms with E-state index in [4.69, 9.17) is 10.8 Å². The number of phenolic OH excluding ortho intramolecular Hbond substituents is 1. The highest BCUT2D eigenvalue weighted by Crippen LogP contribution is 2.25. The van der Waals surface area contributed by atoms with Gasteiger partial charge in [-0.05, 0) is 6.07 Å². The molecule has 5 nitrogen and oxygen atoms in total. The summed E-state index contributed by atoms with van der Waals surface area (Å²) in [5.41, 5.74) is 5.13. The van der Waals surface area contributed by atoms with E-state index in [0.29, 0.717) is 5.56 Å². The van der Waals surface area contributed by atoms with Gasteiger partial charge in [-0.1, -0.05) is 18.2 Å². The first-order valence-corrected chi connectivity index (χ1v) is 4.00. The number of primary amides is 1. The first-order chi connectivity index (χ1) is 6.65. The van der Waals surface area contributed by atoms with Crippen LogP contribution in [0.15, 0.2) is 24.3 Å². The van der Waals surface area contributed by atoms with E-state index in [9.17, 15) is 9.90 Å². The highest BCUT2D eigenvalue weighted by Gasteiger charge is 2.16. The molecule has 0 radical (unpaired) electrons. The quantitative estimate of drug-likeness (QED) is 0.658. The number of aliphatic hydroxyl groups excluding tert-OH is 1. The molecule has 1 amide bonds. The van der Waals surface area contributed by atoms with Crippen LogP contribution in [-0.2, 0) is 4.74 Å². The van der Waals surface area contributed by atoms with Crippen molar-refractivity contribution in [2.45, 2.75) is 6.10 Å². The summed E-state index contributed by atoms with van der Waals surface area (Å²) in [6, 6.07) is 6.25. The Bertz CT molecular complexity index is 326. The Morgan fingerprint density at radius 2 is 2.14 bits per heavy atom. The molecule has 1 rings (SSSR count). The van der Waals surface area contributed by atoms with Gasteiger partial charge in [0.25, 0.3) is 0 Å². The highest BCUT2D eigenvalue weighted by atomic mass is 16.6. The number of nitrogens with two attached hydrogens (primary N) is 1. The van der Waals surface area contributed by atoms with Gasteiger partial charge in [0.05, 0.1) is 6.61 Å². The number of carbonyl (C=O) groups is 1. The Hall–Kier alpha value is -1.75. The fourth-order valence-electron chi connectivity index (χ4n) is 1.10. The number of amides is 1. The summed E-state index contributed by atoms with van der Waals surface area (Å²) in [5.74, 6) is -0.0483. The molecule has 0 heterocycles. The van der Waals surface area contributed by atoms with E-state index in [0.717, 1.165) is 0 Å². The van der Waals surface area contributed by atoms with Gasteiger partial charge in [-0.2, -0.15) is 0 Å². The number of phenols is 1. The highest BCUT2D eigenvalue weighted by molar-refractivity contribution is 5.65. The number of benzene rings is 1. The van der Waals surface area contributed by atoms with Crippen molar-refractivity contribution in [2.24, 2.45) is 5.73 Å². The van der Waals surface area contributed by atoms with Gasteiger partial charge in [0.1, 0.15) is 5.75 Å². The standard InChI is InChI=1S/C9H11NO4/c10-9(13)14-8(5-11)6-3-1-2-4-7(6)12/h1-4,8,11-12H,5H2,(H2,10,13)/t8-/m1/s1. The lowest BCUT2D eigenvalue weighted by Gasteiger charge is -2.14. The van der Waals surface area contributed by atoms with Crippen LogP contribution in [0, 0.1) is 0 Å². The number of para-hydroxylation sites is 1. The monoisotopic (exact) mass is 197 g/mol. The summed E-state index contributed by atoms with van der Waals surface area (Å²) in [4.78, 5) is 10.5. The molecule has 0 aliphatic carbocycles. The maximum Gasteiger partial charge on any atom is 0.405 e. The topological polar surface area (TPSA) is 92.8 Å². The Kier molecular flexibility index (Phi) is 3.30. The molecule has 0 aliphatic heterocycles. The first kappa shape index (κ1) is 10.3. The van der Waals surface area contributed by atoms with Gasteiger partial charge in [0.15, 0.2) is 6.10 Å². The Morgan fingerprint density at radius 1 is 1.50 bits per heavy atom. The number of hydrogen-bond acceptors (Lipinski definition) is 4. The number of rotatable bonds is 3. The van der Waals surface area contributed by atoms with Crippen molar-refractivity contribution in [2.75, 3.05) is 6.61 Å². The summed E-state index contributed by atoms with van der Waals surface area (Å²) in [5, 5.41) is 18.3. The molecular formula is C9H11NO4. The third-order valence-electron chi connectivity index (χ3n) is 1.71. The van der Waals surface area contributed by atoms with Gasteiger partial charge in [-0.25, -0.2) is 4.79 Å². The second-order valence-electron chi connectivity index (χ2n) is 2.67. The molecule has 0 saturated carbocycles. The van der Waals surface area contributed by atoms with Crippen LogP contribution in [0.25, 0.3) is 0 Å².